The largest absolute Gasteiger partial charge is 0.387 e. The van der Waals surface area contributed by atoms with Gasteiger partial charge in [-0.1, -0.05) is 12.1 Å². The van der Waals surface area contributed by atoms with Gasteiger partial charge >= 0.3 is 0 Å². The smallest absolute Gasteiger partial charge is 0.123 e. The maximum absolute atomic E-state index is 12.9. The van der Waals surface area contributed by atoms with Crippen LogP contribution in [0.1, 0.15) is 24.5 Å². The summed E-state index contributed by atoms with van der Waals surface area (Å²) in [5.41, 5.74) is 0.657. The van der Waals surface area contributed by atoms with Crippen LogP contribution >= 0.6 is 0 Å². The highest BCUT2D eigenvalue weighted by Gasteiger charge is 2.23. The average molecular weight is 195 g/mol. The van der Waals surface area contributed by atoms with Crippen molar-refractivity contribution in [2.24, 2.45) is 0 Å². The molecule has 0 bridgehead atoms. The number of aliphatic hydroxyl groups is 1. The molecule has 76 valence electrons. The monoisotopic (exact) mass is 195 g/mol. The van der Waals surface area contributed by atoms with Crippen molar-refractivity contribution >= 4 is 0 Å². The Labute approximate surface area is 82.8 Å². The summed E-state index contributed by atoms with van der Waals surface area (Å²) >= 11 is 0. The number of rotatable bonds is 2. The van der Waals surface area contributed by atoms with Crippen LogP contribution in [0.5, 0.6) is 0 Å². The van der Waals surface area contributed by atoms with Gasteiger partial charge in [-0.3, -0.25) is 0 Å². The van der Waals surface area contributed by atoms with Crippen molar-refractivity contribution < 1.29 is 9.50 Å². The van der Waals surface area contributed by atoms with Crippen LogP contribution in [-0.4, -0.2) is 17.7 Å². The molecule has 3 heteroatoms. The van der Waals surface area contributed by atoms with Crippen LogP contribution in [0.4, 0.5) is 4.39 Å². The highest BCUT2D eigenvalue weighted by molar-refractivity contribution is 5.20. The number of aliphatic hydroxyl groups excluding tert-OH is 1. The Morgan fingerprint density at radius 3 is 3.00 bits per heavy atom. The fourth-order valence-electron chi connectivity index (χ4n) is 1.90. The Bertz CT molecular complexity index is 310. The van der Waals surface area contributed by atoms with E-state index in [1.54, 1.807) is 12.1 Å². The molecule has 1 fully saturated rings. The summed E-state index contributed by atoms with van der Waals surface area (Å²) in [7, 11) is 0. The first kappa shape index (κ1) is 9.62. The molecule has 1 heterocycles. The van der Waals surface area contributed by atoms with E-state index >= 15 is 0 Å². The summed E-state index contributed by atoms with van der Waals surface area (Å²) in [5.74, 6) is -0.292. The molecule has 0 aromatic heterocycles. The predicted octanol–water partition coefficient (Wildman–Crippen LogP) is 1.61. The standard InChI is InChI=1S/C11H14FNO/c12-9-4-1-3-8(7-9)11(14)10-5-2-6-13-10/h1,3-4,7,10-11,13-14H,2,5-6H2/t10-,11-/m1/s1. The van der Waals surface area contributed by atoms with Crippen molar-refractivity contribution in [1.82, 2.24) is 5.32 Å². The van der Waals surface area contributed by atoms with Gasteiger partial charge in [0.25, 0.3) is 0 Å². The van der Waals surface area contributed by atoms with Crippen molar-refractivity contribution in [3.63, 3.8) is 0 Å². The van der Waals surface area contributed by atoms with E-state index in [9.17, 15) is 9.50 Å². The second kappa shape index (κ2) is 4.07. The Kier molecular flexibility index (Phi) is 2.79. The molecule has 0 spiro atoms. The van der Waals surface area contributed by atoms with E-state index in [4.69, 9.17) is 0 Å². The van der Waals surface area contributed by atoms with Gasteiger partial charge in [-0.05, 0) is 37.1 Å². The normalized spacial score (nSPS) is 23.7. The van der Waals surface area contributed by atoms with E-state index in [0.29, 0.717) is 5.56 Å². The minimum absolute atomic E-state index is 0.0804. The fraction of sp³-hybridized carbons (Fsp3) is 0.455. The summed E-state index contributed by atoms with van der Waals surface area (Å²) in [6.45, 7) is 0.942. The van der Waals surface area contributed by atoms with Crippen LogP contribution in [0.15, 0.2) is 24.3 Å². The summed E-state index contributed by atoms with van der Waals surface area (Å²) in [6, 6.07) is 6.25. The Hall–Kier alpha value is -0.930. The zero-order valence-electron chi connectivity index (χ0n) is 7.91. The predicted molar refractivity (Wildman–Crippen MR) is 52.4 cm³/mol. The number of nitrogens with one attached hydrogen (secondary N) is 1. The van der Waals surface area contributed by atoms with Crippen molar-refractivity contribution in [1.29, 1.82) is 0 Å². The molecule has 2 nitrogen and oxygen atoms in total. The summed E-state index contributed by atoms with van der Waals surface area (Å²) in [6.07, 6.45) is 1.45. The molecule has 2 rings (SSSR count). The minimum Gasteiger partial charge on any atom is -0.387 e. The number of hydrogen-bond donors (Lipinski definition) is 2. The van der Waals surface area contributed by atoms with E-state index in [2.05, 4.69) is 5.32 Å². The number of hydrogen-bond acceptors (Lipinski definition) is 2. The minimum atomic E-state index is -0.590. The Morgan fingerprint density at radius 1 is 1.50 bits per heavy atom. The number of halogens is 1. The van der Waals surface area contributed by atoms with E-state index in [1.807, 2.05) is 0 Å². The highest BCUT2D eigenvalue weighted by atomic mass is 19.1. The lowest BCUT2D eigenvalue weighted by atomic mass is 10.0. The molecule has 1 aromatic carbocycles. The molecule has 0 radical (unpaired) electrons. The third-order valence-corrected chi connectivity index (χ3v) is 2.67. The van der Waals surface area contributed by atoms with E-state index in [-0.39, 0.29) is 11.9 Å². The van der Waals surface area contributed by atoms with Gasteiger partial charge in [0.1, 0.15) is 5.82 Å². The van der Waals surface area contributed by atoms with Crippen LogP contribution in [0.3, 0.4) is 0 Å². The van der Waals surface area contributed by atoms with Crippen LogP contribution in [0.2, 0.25) is 0 Å². The summed E-state index contributed by atoms with van der Waals surface area (Å²) < 4.78 is 12.9. The van der Waals surface area contributed by atoms with Gasteiger partial charge in [0, 0.05) is 6.04 Å². The molecule has 0 unspecified atom stereocenters. The molecule has 14 heavy (non-hydrogen) atoms. The lowest BCUT2D eigenvalue weighted by molar-refractivity contribution is 0.137. The summed E-state index contributed by atoms with van der Waals surface area (Å²) in [5, 5.41) is 13.1. The second-order valence-electron chi connectivity index (χ2n) is 3.70. The van der Waals surface area contributed by atoms with Crippen molar-refractivity contribution in [2.75, 3.05) is 6.54 Å². The number of benzene rings is 1. The van der Waals surface area contributed by atoms with Crippen molar-refractivity contribution in [3.05, 3.63) is 35.6 Å². The molecule has 2 atom stereocenters. The third-order valence-electron chi connectivity index (χ3n) is 2.67. The average Bonchev–Trinajstić information content (AvgIpc) is 2.69. The van der Waals surface area contributed by atoms with Crippen LogP contribution < -0.4 is 5.32 Å². The van der Waals surface area contributed by atoms with Gasteiger partial charge in [0.05, 0.1) is 6.10 Å². The molecular formula is C11H14FNO. The van der Waals surface area contributed by atoms with Gasteiger partial charge in [-0.15, -0.1) is 0 Å². The van der Waals surface area contributed by atoms with E-state index in [1.165, 1.54) is 12.1 Å². The van der Waals surface area contributed by atoms with E-state index in [0.717, 1.165) is 19.4 Å². The van der Waals surface area contributed by atoms with Crippen molar-refractivity contribution in [3.8, 4) is 0 Å². The van der Waals surface area contributed by atoms with Gasteiger partial charge in [-0.2, -0.15) is 0 Å². The summed E-state index contributed by atoms with van der Waals surface area (Å²) in [4.78, 5) is 0. The zero-order chi connectivity index (χ0) is 9.97. The van der Waals surface area contributed by atoms with Gasteiger partial charge in [0.2, 0.25) is 0 Å². The maximum Gasteiger partial charge on any atom is 0.123 e. The zero-order valence-corrected chi connectivity index (χ0v) is 7.91. The third kappa shape index (κ3) is 1.94. The Morgan fingerprint density at radius 2 is 2.36 bits per heavy atom. The SMILES string of the molecule is O[C@H](c1cccc(F)c1)[C@H]1CCCN1. The first-order valence-corrected chi connectivity index (χ1v) is 4.94. The van der Waals surface area contributed by atoms with Gasteiger partial charge < -0.3 is 10.4 Å². The quantitative estimate of drug-likeness (QED) is 0.751. The van der Waals surface area contributed by atoms with Gasteiger partial charge in [0.15, 0.2) is 0 Å². The molecule has 1 saturated heterocycles. The fourth-order valence-corrected chi connectivity index (χ4v) is 1.90. The molecule has 1 aromatic rings. The highest BCUT2D eigenvalue weighted by Crippen LogP contribution is 2.23. The van der Waals surface area contributed by atoms with Crippen LogP contribution in [-0.2, 0) is 0 Å². The second-order valence-corrected chi connectivity index (χ2v) is 3.70. The first-order valence-electron chi connectivity index (χ1n) is 4.94. The van der Waals surface area contributed by atoms with Crippen LogP contribution in [0, 0.1) is 5.82 Å². The van der Waals surface area contributed by atoms with Gasteiger partial charge in [-0.25, -0.2) is 4.39 Å². The molecule has 1 aliphatic rings. The molecule has 1 aliphatic heterocycles. The van der Waals surface area contributed by atoms with Crippen molar-refractivity contribution in [2.45, 2.75) is 25.0 Å². The molecule has 0 saturated carbocycles. The van der Waals surface area contributed by atoms with E-state index < -0.39 is 6.10 Å². The lowest BCUT2D eigenvalue weighted by Crippen LogP contribution is -2.28. The Balaban J connectivity index is 2.13. The first-order chi connectivity index (χ1) is 6.77. The lowest BCUT2D eigenvalue weighted by Gasteiger charge is -2.18. The molecular weight excluding hydrogens is 181 g/mol. The maximum atomic E-state index is 12.9. The molecule has 0 amide bonds. The van der Waals surface area contributed by atoms with Crippen LogP contribution in [0.25, 0.3) is 0 Å². The molecule has 0 aliphatic carbocycles. The molecule has 2 N–H and O–H groups in total. The topological polar surface area (TPSA) is 32.3 Å².